The molecule has 3 rings (SSSR count). The Labute approximate surface area is 171 Å². The van der Waals surface area contributed by atoms with Gasteiger partial charge in [0.15, 0.2) is 0 Å². The molecule has 1 saturated heterocycles. The van der Waals surface area contributed by atoms with Crippen molar-refractivity contribution in [3.8, 4) is 11.5 Å². The van der Waals surface area contributed by atoms with E-state index in [2.05, 4.69) is 4.90 Å². The molecular weight excluding hydrogens is 378 g/mol. The van der Waals surface area contributed by atoms with Crippen molar-refractivity contribution in [2.75, 3.05) is 44.3 Å². The molecule has 7 heteroatoms. The molecular formula is C21H28ClN3O3. The molecule has 2 aromatic rings. The van der Waals surface area contributed by atoms with Gasteiger partial charge in [-0.1, -0.05) is 29.8 Å². The van der Waals surface area contributed by atoms with E-state index < -0.39 is 6.10 Å². The zero-order valence-electron chi connectivity index (χ0n) is 15.9. The van der Waals surface area contributed by atoms with Gasteiger partial charge in [-0.25, -0.2) is 0 Å². The van der Waals surface area contributed by atoms with Crippen LogP contribution < -0.4 is 20.9 Å². The largest absolute Gasteiger partial charge is 0.492 e. The molecule has 1 aliphatic rings. The number of rotatable bonds is 8. The van der Waals surface area contributed by atoms with E-state index in [0.717, 1.165) is 31.7 Å². The number of nitrogen functional groups attached to an aromatic ring is 2. The highest BCUT2D eigenvalue weighted by Crippen LogP contribution is 2.27. The highest BCUT2D eigenvalue weighted by atomic mass is 35.5. The molecule has 1 heterocycles. The summed E-state index contributed by atoms with van der Waals surface area (Å²) in [5.74, 6) is 1.74. The van der Waals surface area contributed by atoms with Crippen LogP contribution in [0.3, 0.4) is 0 Å². The highest BCUT2D eigenvalue weighted by Gasteiger charge is 2.22. The molecule has 0 aromatic heterocycles. The molecule has 2 aromatic carbocycles. The molecule has 1 unspecified atom stereocenters. The van der Waals surface area contributed by atoms with Crippen molar-refractivity contribution in [2.45, 2.75) is 18.9 Å². The lowest BCUT2D eigenvalue weighted by atomic mass is 9.97. The first-order valence-electron chi connectivity index (χ1n) is 9.57. The molecule has 0 amide bonds. The first-order valence-corrected chi connectivity index (χ1v) is 9.95. The normalized spacial score (nSPS) is 16.6. The summed E-state index contributed by atoms with van der Waals surface area (Å²) < 4.78 is 11.5. The lowest BCUT2D eigenvalue weighted by molar-refractivity contribution is 0.0505. The Morgan fingerprint density at radius 1 is 1.04 bits per heavy atom. The summed E-state index contributed by atoms with van der Waals surface area (Å²) >= 11 is 6.13. The molecule has 1 fully saturated rings. The maximum absolute atomic E-state index is 10.3. The number of para-hydroxylation sites is 2. The minimum atomic E-state index is -0.586. The summed E-state index contributed by atoms with van der Waals surface area (Å²) in [6.45, 7) is 3.27. The van der Waals surface area contributed by atoms with E-state index in [0.29, 0.717) is 41.2 Å². The van der Waals surface area contributed by atoms with Crippen LogP contribution in [0.5, 0.6) is 11.5 Å². The van der Waals surface area contributed by atoms with E-state index in [9.17, 15) is 5.11 Å². The van der Waals surface area contributed by atoms with Gasteiger partial charge < -0.3 is 30.9 Å². The Bertz CT molecular complexity index is 766. The van der Waals surface area contributed by atoms with Crippen LogP contribution in [0.25, 0.3) is 0 Å². The van der Waals surface area contributed by atoms with Crippen molar-refractivity contribution < 1.29 is 14.6 Å². The van der Waals surface area contributed by atoms with E-state index in [1.807, 2.05) is 24.3 Å². The number of halogens is 1. The third-order valence-electron chi connectivity index (χ3n) is 5.02. The molecule has 0 saturated carbocycles. The Morgan fingerprint density at radius 2 is 1.75 bits per heavy atom. The van der Waals surface area contributed by atoms with Gasteiger partial charge in [0.05, 0.1) is 23.0 Å². The Hall–Kier alpha value is -2.15. The van der Waals surface area contributed by atoms with Crippen LogP contribution in [-0.2, 0) is 0 Å². The Morgan fingerprint density at radius 3 is 2.50 bits per heavy atom. The van der Waals surface area contributed by atoms with Gasteiger partial charge in [0.25, 0.3) is 0 Å². The zero-order valence-corrected chi connectivity index (χ0v) is 16.6. The van der Waals surface area contributed by atoms with Crippen LogP contribution in [0.1, 0.15) is 12.8 Å². The van der Waals surface area contributed by atoms with Gasteiger partial charge >= 0.3 is 0 Å². The van der Waals surface area contributed by atoms with Crippen molar-refractivity contribution in [2.24, 2.45) is 5.92 Å². The molecule has 6 nitrogen and oxygen atoms in total. The quantitative estimate of drug-likeness (QED) is 0.584. The van der Waals surface area contributed by atoms with Crippen molar-refractivity contribution in [1.82, 2.24) is 4.90 Å². The second-order valence-corrected chi connectivity index (χ2v) is 7.62. The third-order valence-corrected chi connectivity index (χ3v) is 5.33. The maximum atomic E-state index is 10.3. The summed E-state index contributed by atoms with van der Waals surface area (Å²) in [4.78, 5) is 2.25. The van der Waals surface area contributed by atoms with E-state index in [1.54, 1.807) is 18.2 Å². The number of ether oxygens (including phenoxy) is 2. The van der Waals surface area contributed by atoms with Crippen LogP contribution in [-0.4, -0.2) is 49.0 Å². The minimum absolute atomic E-state index is 0.184. The number of benzene rings is 2. The molecule has 28 heavy (non-hydrogen) atoms. The fourth-order valence-corrected chi connectivity index (χ4v) is 3.52. The van der Waals surface area contributed by atoms with E-state index in [4.69, 9.17) is 32.5 Å². The molecule has 0 bridgehead atoms. The summed E-state index contributed by atoms with van der Waals surface area (Å²) in [6.07, 6.45) is 1.47. The van der Waals surface area contributed by atoms with Gasteiger partial charge in [-0.15, -0.1) is 0 Å². The van der Waals surface area contributed by atoms with Crippen molar-refractivity contribution in [3.63, 3.8) is 0 Å². The van der Waals surface area contributed by atoms with Crippen LogP contribution in [0.15, 0.2) is 42.5 Å². The maximum Gasteiger partial charge on any atom is 0.144 e. The lowest BCUT2D eigenvalue weighted by Gasteiger charge is -2.33. The fraction of sp³-hybridized carbons (Fsp3) is 0.429. The van der Waals surface area contributed by atoms with Crippen molar-refractivity contribution >= 4 is 23.0 Å². The van der Waals surface area contributed by atoms with Crippen LogP contribution >= 0.6 is 11.6 Å². The van der Waals surface area contributed by atoms with E-state index in [1.165, 1.54) is 0 Å². The van der Waals surface area contributed by atoms with Gasteiger partial charge in [-0.05, 0) is 56.1 Å². The summed E-state index contributed by atoms with van der Waals surface area (Å²) in [6, 6.07) is 12.8. The number of aliphatic hydroxyl groups excluding tert-OH is 1. The number of piperidine rings is 1. The van der Waals surface area contributed by atoms with E-state index >= 15 is 0 Å². The molecule has 0 radical (unpaired) electrons. The predicted octanol–water partition coefficient (Wildman–Crippen LogP) is 3.04. The monoisotopic (exact) mass is 405 g/mol. The molecule has 0 spiro atoms. The van der Waals surface area contributed by atoms with Gasteiger partial charge in [-0.3, -0.25) is 0 Å². The predicted molar refractivity (Wildman–Crippen MR) is 113 cm³/mol. The number of hydrogen-bond donors (Lipinski definition) is 3. The van der Waals surface area contributed by atoms with E-state index in [-0.39, 0.29) is 6.61 Å². The minimum Gasteiger partial charge on any atom is -0.492 e. The zero-order chi connectivity index (χ0) is 19.9. The number of nitrogens with two attached hydrogens (primary N) is 2. The van der Waals surface area contributed by atoms with Crippen molar-refractivity contribution in [1.29, 1.82) is 0 Å². The number of anilines is 2. The van der Waals surface area contributed by atoms with Gasteiger partial charge in [0.2, 0.25) is 0 Å². The molecule has 5 N–H and O–H groups in total. The second kappa shape index (κ2) is 9.87. The summed E-state index contributed by atoms with van der Waals surface area (Å²) in [5.41, 5.74) is 12.5. The number of hydrogen-bond acceptors (Lipinski definition) is 6. The average molecular weight is 406 g/mol. The topological polar surface area (TPSA) is 94.0 Å². The van der Waals surface area contributed by atoms with Crippen LogP contribution in [0.2, 0.25) is 5.02 Å². The molecule has 152 valence electrons. The third kappa shape index (κ3) is 5.67. The Kier molecular flexibility index (Phi) is 7.25. The Balaban J connectivity index is 1.37. The van der Waals surface area contributed by atoms with Gasteiger partial charge in [0.1, 0.15) is 24.2 Å². The fourth-order valence-electron chi connectivity index (χ4n) is 3.33. The highest BCUT2D eigenvalue weighted by molar-refractivity contribution is 6.32. The first-order chi connectivity index (χ1) is 13.5. The SMILES string of the molecule is Nc1cccc(OCC(O)CN2CCC(COc3ccccc3Cl)CC2)c1N. The number of likely N-dealkylation sites (tertiary alicyclic amines) is 1. The number of nitrogens with zero attached hydrogens (tertiary/aromatic N) is 1. The number of aliphatic hydroxyl groups is 1. The summed E-state index contributed by atoms with van der Waals surface area (Å²) in [7, 11) is 0. The summed E-state index contributed by atoms with van der Waals surface area (Å²) in [5, 5.41) is 10.9. The second-order valence-electron chi connectivity index (χ2n) is 7.21. The van der Waals surface area contributed by atoms with Crippen LogP contribution in [0, 0.1) is 5.92 Å². The van der Waals surface area contributed by atoms with Gasteiger partial charge in [-0.2, -0.15) is 0 Å². The first kappa shape index (κ1) is 20.6. The van der Waals surface area contributed by atoms with Gasteiger partial charge in [0, 0.05) is 6.54 Å². The average Bonchev–Trinajstić information content (AvgIpc) is 2.69. The smallest absolute Gasteiger partial charge is 0.144 e. The standard InChI is InChI=1S/C21H28ClN3O3/c22-17-4-1-2-6-19(17)27-13-15-8-10-25(11-9-15)12-16(26)14-28-20-7-3-5-18(23)21(20)24/h1-7,15-16,26H,8-14,23-24H2. The molecule has 1 atom stereocenters. The molecule has 1 aliphatic heterocycles. The lowest BCUT2D eigenvalue weighted by Crippen LogP contribution is -2.41. The van der Waals surface area contributed by atoms with Crippen LogP contribution in [0.4, 0.5) is 11.4 Å². The number of β-amino-alcohol motifs (C(OH)–C–C–N with tert-alkyl or cyclic N) is 1. The molecule has 0 aliphatic carbocycles. The van der Waals surface area contributed by atoms with Crippen molar-refractivity contribution in [3.05, 3.63) is 47.5 Å².